The van der Waals surface area contributed by atoms with Gasteiger partial charge in [-0.2, -0.15) is 4.57 Å². The summed E-state index contributed by atoms with van der Waals surface area (Å²) >= 11 is 0. The van der Waals surface area contributed by atoms with Crippen molar-refractivity contribution in [2.45, 2.75) is 6.54 Å². The van der Waals surface area contributed by atoms with Gasteiger partial charge in [-0.05, 0) is 16.8 Å². The van der Waals surface area contributed by atoms with E-state index in [0.29, 0.717) is 16.7 Å². The number of hydrogen-bond donors (Lipinski definition) is 0. The Labute approximate surface area is 174 Å². The van der Waals surface area contributed by atoms with Crippen molar-refractivity contribution in [3.8, 4) is 0 Å². The summed E-state index contributed by atoms with van der Waals surface area (Å²) in [6.07, 6.45) is 3.55. The minimum Gasteiger partial charge on any atom is -0.289 e. The smallest absolute Gasteiger partial charge is 0.227 e. The van der Waals surface area contributed by atoms with Gasteiger partial charge in [0.15, 0.2) is 18.2 Å². The third kappa shape index (κ3) is 4.24. The molecule has 0 N–H and O–H groups in total. The van der Waals surface area contributed by atoms with Gasteiger partial charge >= 0.3 is 0 Å². The van der Waals surface area contributed by atoms with E-state index >= 15 is 0 Å². The standard InChI is InChI=1S/C24H18NO2.BrH/c26-23(22-11-10-18-6-4-5-9-21(18)16-22)17-25-14-12-20(13-15-25)24(27)19-7-2-1-3-8-19;/h1-16H,17H2;1H/q+1;. The molecule has 4 heteroatoms. The van der Waals surface area contributed by atoms with Crippen molar-refractivity contribution in [2.75, 3.05) is 0 Å². The molecule has 3 aromatic carbocycles. The summed E-state index contributed by atoms with van der Waals surface area (Å²) < 4.78 is 1.79. The highest BCUT2D eigenvalue weighted by molar-refractivity contribution is 8.93. The van der Waals surface area contributed by atoms with E-state index in [1.54, 1.807) is 41.2 Å². The predicted octanol–water partition coefficient (Wildman–Crippen LogP) is 4.82. The maximum Gasteiger partial charge on any atom is 0.227 e. The van der Waals surface area contributed by atoms with E-state index in [1.165, 1.54) is 0 Å². The van der Waals surface area contributed by atoms with Crippen LogP contribution in [0.2, 0.25) is 0 Å². The van der Waals surface area contributed by atoms with Crippen molar-refractivity contribution in [3.63, 3.8) is 0 Å². The summed E-state index contributed by atoms with van der Waals surface area (Å²) in [7, 11) is 0. The summed E-state index contributed by atoms with van der Waals surface area (Å²) in [5.74, 6) is 0.0106. The van der Waals surface area contributed by atoms with Crippen molar-refractivity contribution >= 4 is 39.3 Å². The molecule has 0 aliphatic heterocycles. The number of nitrogens with zero attached hydrogens (tertiary/aromatic N) is 1. The number of rotatable bonds is 5. The number of ketones is 2. The molecule has 0 amide bonds. The first-order valence-corrected chi connectivity index (χ1v) is 8.81. The van der Waals surface area contributed by atoms with Gasteiger partial charge in [0.05, 0.1) is 0 Å². The average Bonchev–Trinajstić information content (AvgIpc) is 2.74. The highest BCUT2D eigenvalue weighted by Gasteiger charge is 2.14. The van der Waals surface area contributed by atoms with Crippen LogP contribution < -0.4 is 4.57 Å². The van der Waals surface area contributed by atoms with Crippen molar-refractivity contribution in [3.05, 3.63) is 114 Å². The second-order valence-electron chi connectivity index (χ2n) is 6.44. The van der Waals surface area contributed by atoms with Crippen LogP contribution in [0, 0.1) is 0 Å². The summed E-state index contributed by atoms with van der Waals surface area (Å²) in [6.45, 7) is 0.234. The van der Waals surface area contributed by atoms with Gasteiger partial charge in [0, 0.05) is 28.8 Å². The molecule has 0 atom stereocenters. The molecule has 1 aromatic heterocycles. The molecule has 28 heavy (non-hydrogen) atoms. The molecule has 0 radical (unpaired) electrons. The number of hydrogen-bond acceptors (Lipinski definition) is 2. The second-order valence-corrected chi connectivity index (χ2v) is 6.44. The minimum absolute atomic E-state index is 0. The zero-order chi connectivity index (χ0) is 18.6. The zero-order valence-corrected chi connectivity index (χ0v) is 16.8. The molecule has 138 valence electrons. The van der Waals surface area contributed by atoms with Gasteiger partial charge < -0.3 is 0 Å². The van der Waals surface area contributed by atoms with Crippen molar-refractivity contribution < 1.29 is 14.2 Å². The number of carbonyl (C=O) groups is 2. The summed E-state index contributed by atoms with van der Waals surface area (Å²) in [5, 5.41) is 2.17. The van der Waals surface area contributed by atoms with E-state index in [1.807, 2.05) is 60.7 Å². The molecule has 0 saturated heterocycles. The van der Waals surface area contributed by atoms with Gasteiger partial charge in [0.25, 0.3) is 0 Å². The Kier molecular flexibility index (Phi) is 6.12. The van der Waals surface area contributed by atoms with Gasteiger partial charge in [0.1, 0.15) is 0 Å². The third-order valence-electron chi connectivity index (χ3n) is 4.59. The molecule has 0 unspecified atom stereocenters. The van der Waals surface area contributed by atoms with Crippen molar-refractivity contribution in [1.82, 2.24) is 0 Å². The van der Waals surface area contributed by atoms with Crippen LogP contribution in [0.4, 0.5) is 0 Å². The van der Waals surface area contributed by atoms with Crippen LogP contribution in [0.1, 0.15) is 26.3 Å². The van der Waals surface area contributed by atoms with Crippen molar-refractivity contribution in [2.24, 2.45) is 0 Å². The lowest BCUT2D eigenvalue weighted by atomic mass is 10.0. The van der Waals surface area contributed by atoms with Gasteiger partial charge in [0.2, 0.25) is 12.3 Å². The molecule has 0 bridgehead atoms. The lowest BCUT2D eigenvalue weighted by Crippen LogP contribution is -2.37. The lowest BCUT2D eigenvalue weighted by molar-refractivity contribution is -0.683. The first-order valence-electron chi connectivity index (χ1n) is 8.81. The number of benzene rings is 3. The number of fused-ring (bicyclic) bond motifs is 1. The zero-order valence-electron chi connectivity index (χ0n) is 15.1. The van der Waals surface area contributed by atoms with Crippen LogP contribution in [0.3, 0.4) is 0 Å². The quantitative estimate of drug-likeness (QED) is 0.334. The first kappa shape index (κ1) is 19.6. The van der Waals surface area contributed by atoms with Crippen molar-refractivity contribution in [1.29, 1.82) is 0 Å². The van der Waals surface area contributed by atoms with Crippen LogP contribution in [0.25, 0.3) is 10.8 Å². The van der Waals surface area contributed by atoms with Gasteiger partial charge in [-0.3, -0.25) is 9.59 Å². The Morgan fingerprint density at radius 3 is 1.96 bits per heavy atom. The maximum atomic E-state index is 12.6. The van der Waals surface area contributed by atoms with E-state index < -0.39 is 0 Å². The molecule has 0 saturated carbocycles. The molecule has 0 aliphatic carbocycles. The van der Waals surface area contributed by atoms with Crippen LogP contribution in [0.5, 0.6) is 0 Å². The second kappa shape index (κ2) is 8.72. The molecule has 4 aromatic rings. The molecule has 3 nitrogen and oxygen atoms in total. The van der Waals surface area contributed by atoms with E-state index in [0.717, 1.165) is 10.8 Å². The first-order chi connectivity index (χ1) is 13.2. The number of aromatic nitrogens is 1. The Balaban J connectivity index is 0.00000225. The molecule has 4 rings (SSSR count). The molecular formula is C24H19BrNO2+. The summed E-state index contributed by atoms with van der Waals surface area (Å²) in [6, 6.07) is 26.4. The Morgan fingerprint density at radius 2 is 1.25 bits per heavy atom. The minimum atomic E-state index is -0.0244. The van der Waals surface area contributed by atoms with Gasteiger partial charge in [-0.25, -0.2) is 0 Å². The summed E-state index contributed by atoms with van der Waals surface area (Å²) in [4.78, 5) is 25.1. The van der Waals surface area contributed by atoms with Crippen LogP contribution in [-0.2, 0) is 6.54 Å². The summed E-state index contributed by atoms with van der Waals surface area (Å²) in [5.41, 5.74) is 1.95. The van der Waals surface area contributed by atoms with Crippen LogP contribution >= 0.6 is 17.0 Å². The van der Waals surface area contributed by atoms with Crippen LogP contribution in [0.15, 0.2) is 97.3 Å². The molecule has 0 spiro atoms. The monoisotopic (exact) mass is 432 g/mol. The topological polar surface area (TPSA) is 38.0 Å². The SMILES string of the molecule is Br.O=C(C[n+]1ccc(C(=O)c2ccccc2)cc1)c1ccc2ccccc2c1. The fourth-order valence-electron chi connectivity index (χ4n) is 3.09. The highest BCUT2D eigenvalue weighted by atomic mass is 79.9. The van der Waals surface area contributed by atoms with E-state index in [4.69, 9.17) is 0 Å². The number of carbonyl (C=O) groups excluding carboxylic acids is 2. The fourth-order valence-corrected chi connectivity index (χ4v) is 3.09. The molecule has 1 heterocycles. The highest BCUT2D eigenvalue weighted by Crippen LogP contribution is 2.16. The van der Waals surface area contributed by atoms with E-state index in [2.05, 4.69) is 0 Å². The maximum absolute atomic E-state index is 12.6. The normalized spacial score (nSPS) is 10.3. The average molecular weight is 433 g/mol. The van der Waals surface area contributed by atoms with Gasteiger partial charge in [-0.1, -0.05) is 66.7 Å². The number of Topliss-reactive ketones (excluding diaryl/α,β-unsaturated/α-hetero) is 1. The lowest BCUT2D eigenvalue weighted by Gasteiger charge is -2.03. The Morgan fingerprint density at radius 1 is 0.643 bits per heavy atom. The molecule has 0 aliphatic rings. The fraction of sp³-hybridized carbons (Fsp3) is 0.0417. The third-order valence-corrected chi connectivity index (χ3v) is 4.59. The van der Waals surface area contributed by atoms with Gasteiger partial charge in [-0.15, -0.1) is 17.0 Å². The Bertz CT molecular complexity index is 1120. The number of pyridine rings is 1. The number of halogens is 1. The predicted molar refractivity (Wildman–Crippen MR) is 115 cm³/mol. The molecule has 0 fully saturated rings. The van der Waals surface area contributed by atoms with Crippen LogP contribution in [-0.4, -0.2) is 11.6 Å². The van der Waals surface area contributed by atoms with E-state index in [-0.39, 0.29) is 35.1 Å². The van der Waals surface area contributed by atoms with E-state index in [9.17, 15) is 9.59 Å². The Hall–Kier alpha value is -3.11. The largest absolute Gasteiger partial charge is 0.289 e. The molecular weight excluding hydrogens is 414 g/mol.